The van der Waals surface area contributed by atoms with Gasteiger partial charge in [0.15, 0.2) is 5.16 Å². The van der Waals surface area contributed by atoms with Crippen molar-refractivity contribution in [2.75, 3.05) is 17.6 Å². The summed E-state index contributed by atoms with van der Waals surface area (Å²) in [4.78, 5) is 45.2. The molecule has 1 aliphatic heterocycles. The van der Waals surface area contributed by atoms with Crippen LogP contribution in [0.3, 0.4) is 0 Å². The number of anilines is 1. The number of imidazole rings is 1. The Morgan fingerprint density at radius 2 is 1.68 bits per heavy atom. The van der Waals surface area contributed by atoms with E-state index in [2.05, 4.69) is 10.3 Å². The van der Waals surface area contributed by atoms with E-state index < -0.39 is 5.82 Å². The van der Waals surface area contributed by atoms with Gasteiger partial charge in [-0.1, -0.05) is 60.0 Å². The fourth-order valence-electron chi connectivity index (χ4n) is 3.92. The molecule has 1 aromatic heterocycles. The molecule has 3 aromatic carbocycles. The summed E-state index contributed by atoms with van der Waals surface area (Å²) in [5, 5.41) is 3.02. The maximum absolute atomic E-state index is 13.4. The first-order valence-electron chi connectivity index (χ1n) is 12.0. The zero-order valence-electron chi connectivity index (χ0n) is 20.7. The number of rotatable bonds is 8. The molecule has 1 aliphatic rings. The number of carbonyl (C=O) groups is 3. The Labute approximate surface area is 241 Å². The summed E-state index contributed by atoms with van der Waals surface area (Å²) in [6.07, 6.45) is 1.60. The van der Waals surface area contributed by atoms with Crippen LogP contribution < -0.4 is 5.32 Å². The lowest BCUT2D eigenvalue weighted by atomic mass is 10.2. The quantitative estimate of drug-likeness (QED) is 0.153. The van der Waals surface area contributed by atoms with Crippen LogP contribution in [0.15, 0.2) is 82.9 Å². The molecule has 1 N–H and O–H groups in total. The van der Waals surface area contributed by atoms with Crippen molar-refractivity contribution < 1.29 is 23.2 Å². The van der Waals surface area contributed by atoms with E-state index in [0.29, 0.717) is 36.7 Å². The number of amides is 2. The number of hydrogen-bond donors (Lipinski definition) is 1. The normalized spacial score (nSPS) is 14.3. The third-order valence-electron chi connectivity index (χ3n) is 5.83. The standard InChI is InChI=1S/C28H20F2N4O3S3/c29-18-7-5-17(6-8-18)15-23-26(37)33(28(38)40-23)14-13-25(36)34-22-4-2-1-3-21(22)32-27(34)39-16-24(35)31-20-11-9-19(30)10-12-20/h1-12,15H,13-14,16H2,(H,31,35)/b23-15-. The topological polar surface area (TPSA) is 84.3 Å². The van der Waals surface area contributed by atoms with Crippen molar-refractivity contribution in [1.82, 2.24) is 14.5 Å². The Balaban J connectivity index is 1.27. The maximum atomic E-state index is 13.4. The molecule has 0 bridgehead atoms. The molecule has 40 heavy (non-hydrogen) atoms. The number of para-hydroxylation sites is 2. The number of thioether (sulfide) groups is 2. The van der Waals surface area contributed by atoms with Gasteiger partial charge in [-0.15, -0.1) is 0 Å². The van der Waals surface area contributed by atoms with Crippen LogP contribution in [0, 0.1) is 11.6 Å². The Morgan fingerprint density at radius 1 is 1.00 bits per heavy atom. The average molecular weight is 595 g/mol. The summed E-state index contributed by atoms with van der Waals surface area (Å²) < 4.78 is 28.1. The van der Waals surface area contributed by atoms with Crippen LogP contribution in [0.5, 0.6) is 0 Å². The van der Waals surface area contributed by atoms with Gasteiger partial charge >= 0.3 is 0 Å². The molecule has 2 heterocycles. The Bertz CT molecular complexity index is 1650. The molecule has 1 saturated heterocycles. The molecule has 4 aromatic rings. The Morgan fingerprint density at radius 3 is 2.40 bits per heavy atom. The van der Waals surface area contributed by atoms with Crippen molar-refractivity contribution in [2.45, 2.75) is 11.6 Å². The molecule has 7 nitrogen and oxygen atoms in total. The summed E-state index contributed by atoms with van der Waals surface area (Å²) >= 11 is 7.60. The second kappa shape index (κ2) is 12.1. The van der Waals surface area contributed by atoms with Crippen molar-refractivity contribution in [3.05, 3.63) is 94.9 Å². The summed E-state index contributed by atoms with van der Waals surface area (Å²) in [5.74, 6) is -1.79. The third-order valence-corrected chi connectivity index (χ3v) is 8.15. The molecular formula is C28H20F2N4O3S3. The van der Waals surface area contributed by atoms with Crippen LogP contribution in [0.1, 0.15) is 16.8 Å². The van der Waals surface area contributed by atoms with Crippen molar-refractivity contribution in [3.63, 3.8) is 0 Å². The van der Waals surface area contributed by atoms with E-state index in [9.17, 15) is 23.2 Å². The molecule has 0 aliphatic carbocycles. The number of halogens is 2. The SMILES string of the molecule is O=C(CSc1nc2ccccc2n1C(=O)CCN1C(=O)/C(=C/c2ccc(F)cc2)SC1=S)Nc1ccc(F)cc1. The number of carbonyl (C=O) groups excluding carboxylic acids is 3. The van der Waals surface area contributed by atoms with Gasteiger partial charge in [-0.25, -0.2) is 13.8 Å². The molecule has 0 saturated carbocycles. The van der Waals surface area contributed by atoms with E-state index in [1.54, 1.807) is 42.5 Å². The van der Waals surface area contributed by atoms with Crippen LogP contribution in [-0.2, 0) is 9.59 Å². The molecule has 0 radical (unpaired) electrons. The van der Waals surface area contributed by atoms with Crippen molar-refractivity contribution >= 4 is 80.6 Å². The van der Waals surface area contributed by atoms with Gasteiger partial charge in [0.05, 0.1) is 21.7 Å². The molecule has 0 unspecified atom stereocenters. The van der Waals surface area contributed by atoms with E-state index in [0.717, 1.165) is 23.5 Å². The fourth-order valence-corrected chi connectivity index (χ4v) is 6.06. The highest BCUT2D eigenvalue weighted by Crippen LogP contribution is 2.33. The summed E-state index contributed by atoms with van der Waals surface area (Å²) in [6.45, 7) is 0.0614. The highest BCUT2D eigenvalue weighted by molar-refractivity contribution is 8.26. The van der Waals surface area contributed by atoms with Crippen LogP contribution in [-0.4, -0.2) is 48.8 Å². The summed E-state index contributed by atoms with van der Waals surface area (Å²) in [5.41, 5.74) is 2.28. The highest BCUT2D eigenvalue weighted by atomic mass is 32.2. The van der Waals surface area contributed by atoms with Crippen molar-refractivity contribution in [3.8, 4) is 0 Å². The van der Waals surface area contributed by atoms with E-state index in [4.69, 9.17) is 12.2 Å². The van der Waals surface area contributed by atoms with Gasteiger partial charge in [-0.05, 0) is 60.2 Å². The number of nitrogens with one attached hydrogen (secondary N) is 1. The number of fused-ring (bicyclic) bond motifs is 1. The number of nitrogens with zero attached hydrogens (tertiary/aromatic N) is 3. The van der Waals surface area contributed by atoms with Gasteiger partial charge in [0.25, 0.3) is 5.91 Å². The molecule has 0 atom stereocenters. The van der Waals surface area contributed by atoms with Crippen LogP contribution in [0.4, 0.5) is 14.5 Å². The predicted molar refractivity (Wildman–Crippen MR) is 157 cm³/mol. The molecular weight excluding hydrogens is 575 g/mol. The van der Waals surface area contributed by atoms with Crippen molar-refractivity contribution in [1.29, 1.82) is 0 Å². The lowest BCUT2D eigenvalue weighted by Gasteiger charge is -2.14. The van der Waals surface area contributed by atoms with Gasteiger partial charge in [0, 0.05) is 18.7 Å². The van der Waals surface area contributed by atoms with Gasteiger partial charge in [0.1, 0.15) is 16.0 Å². The third kappa shape index (κ3) is 6.30. The number of hydrogen-bond acceptors (Lipinski definition) is 7. The Hall–Kier alpha value is -3.87. The van der Waals surface area contributed by atoms with Crippen LogP contribution in [0.25, 0.3) is 17.1 Å². The van der Waals surface area contributed by atoms with Crippen molar-refractivity contribution in [2.24, 2.45) is 0 Å². The predicted octanol–water partition coefficient (Wildman–Crippen LogP) is 5.98. The van der Waals surface area contributed by atoms with Crippen LogP contribution >= 0.6 is 35.7 Å². The second-order valence-corrected chi connectivity index (χ2v) is 11.2. The van der Waals surface area contributed by atoms with Gasteiger partial charge in [0.2, 0.25) is 11.8 Å². The molecule has 202 valence electrons. The van der Waals surface area contributed by atoms with Gasteiger partial charge < -0.3 is 5.32 Å². The second-order valence-electron chi connectivity index (χ2n) is 8.59. The summed E-state index contributed by atoms with van der Waals surface area (Å²) in [6, 6.07) is 18.3. The highest BCUT2D eigenvalue weighted by Gasteiger charge is 2.32. The number of thiocarbonyl (C=S) groups is 1. The first kappa shape index (κ1) is 27.7. The molecule has 1 fully saturated rings. The molecule has 2 amide bonds. The largest absolute Gasteiger partial charge is 0.325 e. The monoisotopic (exact) mass is 594 g/mol. The number of aromatic nitrogens is 2. The van der Waals surface area contributed by atoms with Crippen LogP contribution in [0.2, 0.25) is 0 Å². The van der Waals surface area contributed by atoms with E-state index in [1.165, 1.54) is 45.9 Å². The van der Waals surface area contributed by atoms with Gasteiger partial charge in [-0.3, -0.25) is 23.9 Å². The van der Waals surface area contributed by atoms with E-state index >= 15 is 0 Å². The molecule has 5 rings (SSSR count). The fraction of sp³-hybridized carbons (Fsp3) is 0.107. The summed E-state index contributed by atoms with van der Waals surface area (Å²) in [7, 11) is 0. The average Bonchev–Trinajstić information content (AvgIpc) is 3.44. The minimum atomic E-state index is -0.408. The lowest BCUT2D eigenvalue weighted by Crippen LogP contribution is -2.31. The molecule has 0 spiro atoms. The minimum Gasteiger partial charge on any atom is -0.325 e. The lowest BCUT2D eigenvalue weighted by molar-refractivity contribution is -0.122. The minimum absolute atomic E-state index is 0.0309. The molecule has 12 heteroatoms. The Kier molecular flexibility index (Phi) is 8.38. The first-order chi connectivity index (χ1) is 19.3. The van der Waals surface area contributed by atoms with E-state index in [1.807, 2.05) is 0 Å². The van der Waals surface area contributed by atoms with Gasteiger partial charge in [-0.2, -0.15) is 0 Å². The van der Waals surface area contributed by atoms with E-state index in [-0.39, 0.29) is 42.3 Å². The maximum Gasteiger partial charge on any atom is 0.266 e. The number of benzene rings is 3. The zero-order chi connectivity index (χ0) is 28.2. The zero-order valence-corrected chi connectivity index (χ0v) is 23.1. The smallest absolute Gasteiger partial charge is 0.266 e. The first-order valence-corrected chi connectivity index (χ1v) is 14.2.